The third-order valence-corrected chi connectivity index (χ3v) is 5.30. The number of hydrogen-bond acceptors (Lipinski definition) is 6. The highest BCUT2D eigenvalue weighted by molar-refractivity contribution is 9.10. The summed E-state index contributed by atoms with van der Waals surface area (Å²) in [6, 6.07) is 6.49. The van der Waals surface area contributed by atoms with Crippen LogP contribution in [-0.4, -0.2) is 28.0 Å². The van der Waals surface area contributed by atoms with Gasteiger partial charge in [0.15, 0.2) is 0 Å². The molecule has 0 saturated carbocycles. The molecule has 1 aromatic carbocycles. The number of nitrogens with zero attached hydrogens (tertiary/aromatic N) is 4. The predicted octanol–water partition coefficient (Wildman–Crippen LogP) is 3.42. The van der Waals surface area contributed by atoms with E-state index in [0.717, 1.165) is 30.4 Å². The highest BCUT2D eigenvalue weighted by Gasteiger charge is 2.24. The number of piperidine rings is 1. The van der Waals surface area contributed by atoms with E-state index in [1.54, 1.807) is 0 Å². The van der Waals surface area contributed by atoms with Crippen molar-refractivity contribution < 1.29 is 4.92 Å². The molecule has 0 amide bonds. The number of anilines is 2. The zero-order chi connectivity index (χ0) is 17.3. The van der Waals surface area contributed by atoms with Crippen LogP contribution in [0.25, 0.3) is 0 Å². The lowest BCUT2D eigenvalue weighted by atomic mass is 9.89. The second-order valence-corrected chi connectivity index (χ2v) is 6.82. The summed E-state index contributed by atoms with van der Waals surface area (Å²) in [7, 11) is 0. The Kier molecular flexibility index (Phi) is 4.66. The molecule has 2 heterocycles. The van der Waals surface area contributed by atoms with Gasteiger partial charge in [-0.15, -0.1) is 0 Å². The minimum Gasteiger partial charge on any atom is -0.378 e. The summed E-state index contributed by atoms with van der Waals surface area (Å²) in [6.07, 6.45) is 3.16. The molecular formula is C16H18BrN5O2. The van der Waals surface area contributed by atoms with Gasteiger partial charge in [-0.25, -0.2) is 4.98 Å². The maximum Gasteiger partial charge on any atom is 0.329 e. The van der Waals surface area contributed by atoms with E-state index in [-0.39, 0.29) is 11.5 Å². The Bertz CT molecular complexity index is 775. The lowest BCUT2D eigenvalue weighted by Gasteiger charge is -2.32. The van der Waals surface area contributed by atoms with Gasteiger partial charge in [0.2, 0.25) is 11.8 Å². The molecule has 1 fully saturated rings. The second kappa shape index (κ2) is 6.72. The number of benzene rings is 1. The first-order valence-corrected chi connectivity index (χ1v) is 8.53. The fraction of sp³-hybridized carbons (Fsp3) is 0.375. The normalized spacial score (nSPS) is 15.5. The minimum absolute atomic E-state index is 0.0874. The Morgan fingerprint density at radius 1 is 1.38 bits per heavy atom. The van der Waals surface area contributed by atoms with Crippen molar-refractivity contribution in [3.05, 3.63) is 50.1 Å². The molecule has 24 heavy (non-hydrogen) atoms. The van der Waals surface area contributed by atoms with Crippen LogP contribution in [0.2, 0.25) is 0 Å². The van der Waals surface area contributed by atoms with Crippen LogP contribution in [0, 0.1) is 17.0 Å². The van der Waals surface area contributed by atoms with Crippen LogP contribution in [0.5, 0.6) is 0 Å². The first-order valence-electron chi connectivity index (χ1n) is 7.73. The van der Waals surface area contributed by atoms with Crippen LogP contribution in [0.1, 0.15) is 29.9 Å². The van der Waals surface area contributed by atoms with E-state index in [9.17, 15) is 10.1 Å². The third kappa shape index (κ3) is 3.33. The van der Waals surface area contributed by atoms with Gasteiger partial charge in [0.1, 0.15) is 6.20 Å². The average Bonchev–Trinajstić information content (AvgIpc) is 2.57. The Hall–Kier alpha value is -2.22. The molecule has 2 N–H and O–H groups in total. The van der Waals surface area contributed by atoms with Crippen LogP contribution in [0.3, 0.4) is 0 Å². The fourth-order valence-electron chi connectivity index (χ4n) is 3.01. The van der Waals surface area contributed by atoms with Crippen molar-refractivity contribution in [1.82, 2.24) is 9.97 Å². The van der Waals surface area contributed by atoms with Gasteiger partial charge in [0.25, 0.3) is 0 Å². The quantitative estimate of drug-likeness (QED) is 0.635. The summed E-state index contributed by atoms with van der Waals surface area (Å²) in [5, 5.41) is 10.8. The number of aromatic nitrogens is 2. The van der Waals surface area contributed by atoms with E-state index in [2.05, 4.69) is 51.0 Å². The van der Waals surface area contributed by atoms with Crippen LogP contribution in [0.15, 0.2) is 28.9 Å². The Morgan fingerprint density at radius 2 is 2.08 bits per heavy atom. The summed E-state index contributed by atoms with van der Waals surface area (Å²) in [4.78, 5) is 20.4. The maximum atomic E-state index is 10.8. The third-order valence-electron chi connectivity index (χ3n) is 4.41. The number of nitrogens with two attached hydrogens (primary N) is 1. The zero-order valence-electron chi connectivity index (χ0n) is 13.3. The van der Waals surface area contributed by atoms with Gasteiger partial charge < -0.3 is 10.6 Å². The van der Waals surface area contributed by atoms with Gasteiger partial charge in [-0.2, -0.15) is 4.98 Å². The van der Waals surface area contributed by atoms with Crippen LogP contribution in [-0.2, 0) is 0 Å². The van der Waals surface area contributed by atoms with Gasteiger partial charge in [-0.1, -0.05) is 28.1 Å². The Labute approximate surface area is 148 Å². The SMILES string of the molecule is Cc1cc(C2CCN(c3ncc([N+](=O)[O-])c(N)n3)CC2)ccc1Br. The second-order valence-electron chi connectivity index (χ2n) is 5.97. The van der Waals surface area contributed by atoms with E-state index >= 15 is 0 Å². The van der Waals surface area contributed by atoms with Gasteiger partial charge in [0.05, 0.1) is 4.92 Å². The highest BCUT2D eigenvalue weighted by Crippen LogP contribution is 2.32. The van der Waals surface area contributed by atoms with E-state index in [0.29, 0.717) is 11.9 Å². The topological polar surface area (TPSA) is 98.2 Å². The molecule has 2 aromatic rings. The monoisotopic (exact) mass is 391 g/mol. The molecule has 1 aromatic heterocycles. The smallest absolute Gasteiger partial charge is 0.329 e. The molecule has 0 aliphatic carbocycles. The van der Waals surface area contributed by atoms with E-state index in [1.807, 2.05) is 4.90 Å². The lowest BCUT2D eigenvalue weighted by molar-refractivity contribution is -0.384. The minimum atomic E-state index is -0.568. The number of nitro groups is 1. The average molecular weight is 392 g/mol. The molecule has 3 rings (SSSR count). The predicted molar refractivity (Wildman–Crippen MR) is 96.2 cm³/mol. The summed E-state index contributed by atoms with van der Waals surface area (Å²) in [5.74, 6) is 0.877. The number of hydrogen-bond donors (Lipinski definition) is 1. The van der Waals surface area contributed by atoms with Crippen molar-refractivity contribution in [2.24, 2.45) is 0 Å². The molecule has 1 saturated heterocycles. The molecule has 1 aliphatic heterocycles. The van der Waals surface area contributed by atoms with Crippen molar-refractivity contribution in [3.8, 4) is 0 Å². The summed E-state index contributed by atoms with van der Waals surface area (Å²) in [6.45, 7) is 3.70. The first kappa shape index (κ1) is 16.6. The van der Waals surface area contributed by atoms with Crippen LogP contribution in [0.4, 0.5) is 17.5 Å². The molecular weight excluding hydrogens is 374 g/mol. The summed E-state index contributed by atoms with van der Waals surface area (Å²) >= 11 is 3.53. The number of halogens is 1. The molecule has 0 atom stereocenters. The highest BCUT2D eigenvalue weighted by atomic mass is 79.9. The molecule has 126 valence electrons. The summed E-state index contributed by atoms with van der Waals surface area (Å²) < 4.78 is 1.12. The zero-order valence-corrected chi connectivity index (χ0v) is 14.9. The number of rotatable bonds is 3. The number of nitrogen functional groups attached to an aromatic ring is 1. The Morgan fingerprint density at radius 3 is 2.67 bits per heavy atom. The largest absolute Gasteiger partial charge is 0.378 e. The van der Waals surface area contributed by atoms with Crippen molar-refractivity contribution in [2.75, 3.05) is 23.7 Å². The molecule has 0 spiro atoms. The van der Waals surface area contributed by atoms with Crippen molar-refractivity contribution in [3.63, 3.8) is 0 Å². The fourth-order valence-corrected chi connectivity index (χ4v) is 3.25. The lowest BCUT2D eigenvalue weighted by Crippen LogP contribution is -2.34. The van der Waals surface area contributed by atoms with Crippen LogP contribution >= 0.6 is 15.9 Å². The van der Waals surface area contributed by atoms with Crippen LogP contribution < -0.4 is 10.6 Å². The molecule has 1 aliphatic rings. The van der Waals surface area contributed by atoms with E-state index in [1.165, 1.54) is 17.3 Å². The van der Waals surface area contributed by atoms with E-state index in [4.69, 9.17) is 5.73 Å². The van der Waals surface area contributed by atoms with Gasteiger partial charge in [-0.05, 0) is 42.9 Å². The van der Waals surface area contributed by atoms with Gasteiger partial charge in [-0.3, -0.25) is 10.1 Å². The van der Waals surface area contributed by atoms with Gasteiger partial charge in [0, 0.05) is 17.6 Å². The molecule has 0 unspecified atom stereocenters. The standard InChI is InChI=1S/C16H18BrN5O2/c1-10-8-12(2-3-13(10)17)11-4-6-21(7-5-11)16-19-9-14(22(23)24)15(18)20-16/h2-3,8-9,11H,4-7H2,1H3,(H2,18,19,20). The number of aryl methyl sites for hydroxylation is 1. The summed E-state index contributed by atoms with van der Waals surface area (Å²) in [5.41, 5.74) is 7.99. The maximum absolute atomic E-state index is 10.8. The van der Waals surface area contributed by atoms with Gasteiger partial charge >= 0.3 is 5.69 Å². The Balaban J connectivity index is 1.69. The molecule has 0 bridgehead atoms. The molecule has 7 nitrogen and oxygen atoms in total. The first-order chi connectivity index (χ1) is 11.5. The van der Waals surface area contributed by atoms with Crippen molar-refractivity contribution in [1.29, 1.82) is 0 Å². The molecule has 8 heteroatoms. The van der Waals surface area contributed by atoms with E-state index < -0.39 is 4.92 Å². The molecule has 0 radical (unpaired) electrons. The van der Waals surface area contributed by atoms with Crippen molar-refractivity contribution in [2.45, 2.75) is 25.7 Å². The van der Waals surface area contributed by atoms with Crippen molar-refractivity contribution >= 4 is 33.4 Å².